The fourth-order valence-electron chi connectivity index (χ4n) is 7.71. The summed E-state index contributed by atoms with van der Waals surface area (Å²) in [6.07, 6.45) is 10.3. The highest BCUT2D eigenvalue weighted by Crippen LogP contribution is 2.39. The van der Waals surface area contributed by atoms with Gasteiger partial charge in [0.05, 0.1) is 11.8 Å². The molecular weight excluding hydrogens is 534 g/mol. The van der Waals surface area contributed by atoms with Gasteiger partial charge in [-0.2, -0.15) is 4.31 Å². The third-order valence-electron chi connectivity index (χ3n) is 9.95. The van der Waals surface area contributed by atoms with Crippen LogP contribution in [-0.2, 0) is 19.6 Å². The molecule has 3 saturated heterocycles. The maximum Gasteiger partial charge on any atom is 0.214 e. The molecule has 1 unspecified atom stereocenters. The molecule has 5 rings (SSSR count). The molecule has 9 heteroatoms. The van der Waals surface area contributed by atoms with Gasteiger partial charge in [-0.15, -0.1) is 0 Å². The first kappa shape index (κ1) is 29.5. The van der Waals surface area contributed by atoms with Crippen molar-refractivity contribution in [2.75, 3.05) is 32.1 Å². The van der Waals surface area contributed by atoms with Gasteiger partial charge in [0, 0.05) is 55.7 Å². The molecule has 39 heavy (non-hydrogen) atoms. The van der Waals surface area contributed by atoms with Crippen molar-refractivity contribution < 1.29 is 17.9 Å². The number of carbonyl (C=O) groups is 1. The Morgan fingerprint density at radius 2 is 1.74 bits per heavy atom. The SMILES string of the molecule is N[C@H](C(=O)C[C@H]1CCCC[C@@H]1CC[C@H]1CN[C@@H]2CCCS(=O)(=O)N1C2)[C@@H](c1ccc(Cl)cc1)C1CCOCC1. The van der Waals surface area contributed by atoms with E-state index in [1.807, 2.05) is 24.3 Å². The van der Waals surface area contributed by atoms with E-state index in [-0.39, 0.29) is 29.5 Å². The summed E-state index contributed by atoms with van der Waals surface area (Å²) in [5, 5.41) is 4.28. The van der Waals surface area contributed by atoms with Crippen LogP contribution in [0.1, 0.15) is 82.1 Å². The first-order chi connectivity index (χ1) is 18.8. The summed E-state index contributed by atoms with van der Waals surface area (Å²) in [4.78, 5) is 13.8. The lowest BCUT2D eigenvalue weighted by molar-refractivity contribution is -0.123. The van der Waals surface area contributed by atoms with E-state index in [1.165, 1.54) is 6.42 Å². The van der Waals surface area contributed by atoms with Crippen molar-refractivity contribution in [2.24, 2.45) is 23.5 Å². The fraction of sp³-hybridized carbons (Fsp3) is 0.767. The Kier molecular flexibility index (Phi) is 10.0. The number of benzene rings is 1. The van der Waals surface area contributed by atoms with E-state index >= 15 is 0 Å². The highest BCUT2D eigenvalue weighted by molar-refractivity contribution is 7.89. The number of hydrogen-bond acceptors (Lipinski definition) is 6. The van der Waals surface area contributed by atoms with Gasteiger partial charge >= 0.3 is 0 Å². The Hall–Kier alpha value is -1.03. The van der Waals surface area contributed by atoms with Gasteiger partial charge in [-0.3, -0.25) is 4.79 Å². The van der Waals surface area contributed by atoms with Gasteiger partial charge in [0.15, 0.2) is 0 Å². The number of sulfonamides is 1. The third-order valence-corrected chi connectivity index (χ3v) is 12.2. The third kappa shape index (κ3) is 7.25. The predicted molar refractivity (Wildman–Crippen MR) is 155 cm³/mol. The van der Waals surface area contributed by atoms with Crippen molar-refractivity contribution in [3.05, 3.63) is 34.9 Å². The molecule has 0 spiro atoms. The van der Waals surface area contributed by atoms with Crippen molar-refractivity contribution in [3.8, 4) is 0 Å². The van der Waals surface area contributed by atoms with Crippen molar-refractivity contribution in [1.82, 2.24) is 9.62 Å². The number of carbonyl (C=O) groups excluding carboxylic acids is 1. The number of fused-ring (bicyclic) bond motifs is 2. The Bertz CT molecular complexity index is 1060. The number of piperazine rings is 1. The van der Waals surface area contributed by atoms with Gasteiger partial charge in [-0.25, -0.2) is 8.42 Å². The molecule has 4 fully saturated rings. The standard InChI is InChI=1S/C30H46ClN3O4S/c31-25-10-7-22(8-11-25)29(23-13-15-38-16-14-23)30(32)28(35)18-24-5-2-1-4-21(24)9-12-27-19-33-26-6-3-17-39(36,37)34(27)20-26/h7-8,10-11,21,23-24,26-27,29-30,33H,1-6,9,12-20,32H2/t21-,24-,26-,27+,29+,30-/m1/s1. The maximum absolute atomic E-state index is 13.8. The van der Waals surface area contributed by atoms with Crippen LogP contribution in [0.25, 0.3) is 0 Å². The van der Waals surface area contributed by atoms with Crippen LogP contribution in [0.5, 0.6) is 0 Å². The minimum Gasteiger partial charge on any atom is -0.381 e. The van der Waals surface area contributed by atoms with Crippen LogP contribution in [0.2, 0.25) is 5.02 Å². The van der Waals surface area contributed by atoms with E-state index in [4.69, 9.17) is 22.1 Å². The smallest absolute Gasteiger partial charge is 0.214 e. The quantitative estimate of drug-likeness (QED) is 0.447. The second-order valence-electron chi connectivity index (χ2n) is 12.4. The summed E-state index contributed by atoms with van der Waals surface area (Å²) in [5.41, 5.74) is 7.90. The number of nitrogens with zero attached hydrogens (tertiary/aromatic N) is 1. The summed E-state index contributed by atoms with van der Waals surface area (Å²) in [7, 11) is -3.18. The Morgan fingerprint density at radius 1 is 1.03 bits per heavy atom. The number of halogens is 1. The first-order valence-electron chi connectivity index (χ1n) is 15.2. The van der Waals surface area contributed by atoms with Crippen LogP contribution in [0.4, 0.5) is 0 Å². The fourth-order valence-corrected chi connectivity index (χ4v) is 9.65. The van der Waals surface area contributed by atoms with Crippen molar-refractivity contribution in [1.29, 1.82) is 0 Å². The number of nitrogens with two attached hydrogens (primary N) is 1. The van der Waals surface area contributed by atoms with E-state index in [0.717, 1.165) is 69.9 Å². The maximum atomic E-state index is 13.8. The number of Topliss-reactive ketones (excluding diaryl/α,β-unsaturated/α-hetero) is 1. The molecule has 2 bridgehead atoms. The highest BCUT2D eigenvalue weighted by Gasteiger charge is 2.40. The second-order valence-corrected chi connectivity index (χ2v) is 14.9. The topological polar surface area (TPSA) is 102 Å². The molecule has 1 aromatic rings. The zero-order chi connectivity index (χ0) is 27.4. The minimum absolute atomic E-state index is 0.0210. The summed E-state index contributed by atoms with van der Waals surface area (Å²) in [6, 6.07) is 7.60. The zero-order valence-corrected chi connectivity index (χ0v) is 24.7. The molecule has 4 aliphatic rings. The molecule has 3 heterocycles. The minimum atomic E-state index is -3.18. The lowest BCUT2D eigenvalue weighted by Crippen LogP contribution is -2.57. The Morgan fingerprint density at radius 3 is 2.49 bits per heavy atom. The van der Waals surface area contributed by atoms with Gasteiger partial charge in [0.25, 0.3) is 0 Å². The normalized spacial score (nSPS) is 33.1. The van der Waals surface area contributed by atoms with Gasteiger partial charge < -0.3 is 15.8 Å². The Balaban J connectivity index is 1.24. The average molecular weight is 580 g/mol. The molecule has 0 amide bonds. The van der Waals surface area contributed by atoms with E-state index < -0.39 is 16.1 Å². The molecule has 0 aromatic heterocycles. The van der Waals surface area contributed by atoms with Gasteiger partial charge in [-0.05, 0) is 80.4 Å². The Labute approximate surface area is 239 Å². The summed E-state index contributed by atoms with van der Waals surface area (Å²) in [5.74, 6) is 1.48. The lowest BCUT2D eigenvalue weighted by atomic mass is 9.71. The number of ether oxygens (including phenoxy) is 1. The van der Waals surface area contributed by atoms with Crippen LogP contribution in [0, 0.1) is 17.8 Å². The summed E-state index contributed by atoms with van der Waals surface area (Å²) >= 11 is 6.17. The van der Waals surface area contributed by atoms with Crippen LogP contribution >= 0.6 is 11.6 Å². The largest absolute Gasteiger partial charge is 0.381 e. The predicted octanol–water partition coefficient (Wildman–Crippen LogP) is 4.49. The van der Waals surface area contributed by atoms with E-state index in [0.29, 0.717) is 49.0 Å². The molecule has 3 aliphatic heterocycles. The van der Waals surface area contributed by atoms with Crippen molar-refractivity contribution in [2.45, 2.75) is 94.7 Å². The molecule has 1 aromatic carbocycles. The molecule has 3 N–H and O–H groups in total. The molecule has 0 radical (unpaired) electrons. The zero-order valence-electron chi connectivity index (χ0n) is 23.1. The van der Waals surface area contributed by atoms with Crippen LogP contribution in [0.3, 0.4) is 0 Å². The van der Waals surface area contributed by atoms with Crippen LogP contribution in [0.15, 0.2) is 24.3 Å². The molecule has 218 valence electrons. The molecule has 7 nitrogen and oxygen atoms in total. The molecular formula is C30H46ClN3O4S. The lowest BCUT2D eigenvalue weighted by Gasteiger charge is -2.39. The number of nitrogens with one attached hydrogen (secondary N) is 1. The number of rotatable bonds is 9. The number of hydrogen-bond donors (Lipinski definition) is 2. The molecule has 1 aliphatic carbocycles. The van der Waals surface area contributed by atoms with Gasteiger partial charge in [-0.1, -0.05) is 43.0 Å². The van der Waals surface area contributed by atoms with Crippen LogP contribution in [-0.4, -0.2) is 68.7 Å². The summed E-state index contributed by atoms with van der Waals surface area (Å²) in [6.45, 7) is 2.76. The highest BCUT2D eigenvalue weighted by atomic mass is 35.5. The monoisotopic (exact) mass is 579 g/mol. The first-order valence-corrected chi connectivity index (χ1v) is 17.1. The van der Waals surface area contributed by atoms with Gasteiger partial charge in [0.1, 0.15) is 5.78 Å². The van der Waals surface area contributed by atoms with E-state index in [2.05, 4.69) is 5.32 Å². The van der Waals surface area contributed by atoms with Crippen molar-refractivity contribution in [3.63, 3.8) is 0 Å². The van der Waals surface area contributed by atoms with E-state index in [9.17, 15) is 13.2 Å². The van der Waals surface area contributed by atoms with Gasteiger partial charge in [0.2, 0.25) is 10.0 Å². The number of ketones is 1. The molecule has 1 saturated carbocycles. The van der Waals surface area contributed by atoms with E-state index in [1.54, 1.807) is 4.31 Å². The summed E-state index contributed by atoms with van der Waals surface area (Å²) < 4.78 is 33.2. The molecule has 7 atom stereocenters. The average Bonchev–Trinajstić information content (AvgIpc) is 3.06. The second kappa shape index (κ2) is 13.3. The van der Waals surface area contributed by atoms with Crippen molar-refractivity contribution >= 4 is 27.4 Å². The van der Waals surface area contributed by atoms with Crippen LogP contribution < -0.4 is 11.1 Å².